The molecule has 0 bridgehead atoms. The highest BCUT2D eigenvalue weighted by molar-refractivity contribution is 4.94. The lowest BCUT2D eigenvalue weighted by atomic mass is 10.1. The molecule has 1 aliphatic carbocycles. The van der Waals surface area contributed by atoms with E-state index in [0.717, 1.165) is 18.4 Å². The maximum atomic E-state index is 3.50. The van der Waals surface area contributed by atoms with E-state index in [9.17, 15) is 0 Å². The molecule has 0 radical (unpaired) electrons. The van der Waals surface area contributed by atoms with Gasteiger partial charge in [-0.25, -0.2) is 0 Å². The van der Waals surface area contributed by atoms with Crippen LogP contribution in [0, 0.1) is 11.8 Å². The topological polar surface area (TPSA) is 12.0 Å². The van der Waals surface area contributed by atoms with Gasteiger partial charge in [0.25, 0.3) is 0 Å². The Balaban J connectivity index is 2.03. The van der Waals surface area contributed by atoms with Gasteiger partial charge < -0.3 is 5.32 Å². The van der Waals surface area contributed by atoms with Crippen molar-refractivity contribution in [1.82, 2.24) is 5.32 Å². The summed E-state index contributed by atoms with van der Waals surface area (Å²) >= 11 is 0. The monoisotopic (exact) mass is 181 g/mol. The van der Waals surface area contributed by atoms with Crippen molar-refractivity contribution in [3.05, 3.63) is 11.6 Å². The van der Waals surface area contributed by atoms with E-state index in [1.807, 2.05) is 0 Å². The normalized spacial score (nSPS) is 27.6. The summed E-state index contributed by atoms with van der Waals surface area (Å²) in [6.45, 7) is 8.94. The van der Waals surface area contributed by atoms with Crippen molar-refractivity contribution in [1.29, 1.82) is 0 Å². The van der Waals surface area contributed by atoms with Crippen LogP contribution in [0.2, 0.25) is 0 Å². The van der Waals surface area contributed by atoms with E-state index in [1.54, 1.807) is 0 Å². The fraction of sp³-hybridized carbons (Fsp3) is 0.833. The van der Waals surface area contributed by atoms with Gasteiger partial charge in [-0.3, -0.25) is 0 Å². The lowest BCUT2D eigenvalue weighted by molar-refractivity contribution is 0.483. The highest BCUT2D eigenvalue weighted by atomic mass is 14.8. The average molecular weight is 181 g/mol. The smallest absolute Gasteiger partial charge is 0.0137 e. The van der Waals surface area contributed by atoms with Gasteiger partial charge in [-0.05, 0) is 45.1 Å². The molecule has 0 heterocycles. The number of allylic oxidation sites excluding steroid dienone is 1. The highest BCUT2D eigenvalue weighted by Crippen LogP contribution is 2.29. The van der Waals surface area contributed by atoms with E-state index < -0.39 is 0 Å². The Bertz CT molecular complexity index is 168. The molecule has 0 aromatic carbocycles. The molecule has 1 nitrogen and oxygen atoms in total. The first-order chi connectivity index (χ1) is 6.18. The van der Waals surface area contributed by atoms with Crippen LogP contribution in [0.4, 0.5) is 0 Å². The molecule has 0 aromatic rings. The zero-order valence-corrected chi connectivity index (χ0v) is 9.27. The van der Waals surface area contributed by atoms with E-state index >= 15 is 0 Å². The minimum atomic E-state index is 0.945. The van der Waals surface area contributed by atoms with Crippen LogP contribution in [0.3, 0.4) is 0 Å². The molecule has 1 fully saturated rings. The van der Waals surface area contributed by atoms with Crippen molar-refractivity contribution in [3.63, 3.8) is 0 Å². The van der Waals surface area contributed by atoms with Crippen LogP contribution in [-0.4, -0.2) is 13.1 Å². The number of nitrogens with one attached hydrogen (secondary N) is 1. The summed E-state index contributed by atoms with van der Waals surface area (Å²) in [4.78, 5) is 0. The molecule has 1 heteroatoms. The Hall–Kier alpha value is -0.300. The van der Waals surface area contributed by atoms with Gasteiger partial charge in [0.2, 0.25) is 0 Å². The Morgan fingerprint density at radius 3 is 2.69 bits per heavy atom. The molecule has 1 aliphatic rings. The average Bonchev–Trinajstić information content (AvgIpc) is 2.45. The fourth-order valence-electron chi connectivity index (χ4n) is 2.07. The number of rotatable bonds is 4. The minimum absolute atomic E-state index is 0.945. The second-order valence-electron chi connectivity index (χ2n) is 4.72. The second-order valence-corrected chi connectivity index (χ2v) is 4.72. The predicted molar refractivity (Wildman–Crippen MR) is 58.8 cm³/mol. The summed E-state index contributed by atoms with van der Waals surface area (Å²) in [6.07, 6.45) is 6.57. The van der Waals surface area contributed by atoms with E-state index in [2.05, 4.69) is 32.2 Å². The summed E-state index contributed by atoms with van der Waals surface area (Å²) in [5.41, 5.74) is 1.41. The van der Waals surface area contributed by atoms with Crippen LogP contribution < -0.4 is 5.32 Å². The third-order valence-corrected chi connectivity index (χ3v) is 2.89. The third-order valence-electron chi connectivity index (χ3n) is 2.89. The largest absolute Gasteiger partial charge is 0.313 e. The zero-order valence-electron chi connectivity index (χ0n) is 9.27. The van der Waals surface area contributed by atoms with E-state index in [1.165, 1.54) is 31.4 Å². The van der Waals surface area contributed by atoms with Gasteiger partial charge in [0.05, 0.1) is 0 Å². The SMILES string of the molecule is CC(C)=CCNCC1CCC(C)C1. The summed E-state index contributed by atoms with van der Waals surface area (Å²) < 4.78 is 0. The first kappa shape index (κ1) is 10.8. The van der Waals surface area contributed by atoms with Crippen LogP contribution in [-0.2, 0) is 0 Å². The second kappa shape index (κ2) is 5.43. The first-order valence-corrected chi connectivity index (χ1v) is 5.52. The molecule has 2 atom stereocenters. The number of hydrogen-bond acceptors (Lipinski definition) is 1. The molecule has 0 aliphatic heterocycles. The van der Waals surface area contributed by atoms with Crippen molar-refractivity contribution >= 4 is 0 Å². The Kier molecular flexibility index (Phi) is 4.51. The molecule has 0 amide bonds. The molecule has 1 N–H and O–H groups in total. The van der Waals surface area contributed by atoms with Gasteiger partial charge in [0, 0.05) is 6.54 Å². The molecule has 0 aromatic heterocycles. The fourth-order valence-corrected chi connectivity index (χ4v) is 2.07. The van der Waals surface area contributed by atoms with Crippen molar-refractivity contribution < 1.29 is 0 Å². The summed E-state index contributed by atoms with van der Waals surface area (Å²) in [6, 6.07) is 0. The molecular weight excluding hydrogens is 158 g/mol. The molecule has 0 spiro atoms. The predicted octanol–water partition coefficient (Wildman–Crippen LogP) is 2.98. The third kappa shape index (κ3) is 4.47. The lowest BCUT2D eigenvalue weighted by Crippen LogP contribution is -2.21. The van der Waals surface area contributed by atoms with Crippen molar-refractivity contribution in [2.45, 2.75) is 40.0 Å². The van der Waals surface area contributed by atoms with Crippen molar-refractivity contribution in [3.8, 4) is 0 Å². The summed E-state index contributed by atoms with van der Waals surface area (Å²) in [7, 11) is 0. The highest BCUT2D eigenvalue weighted by Gasteiger charge is 2.20. The Morgan fingerprint density at radius 1 is 1.38 bits per heavy atom. The van der Waals surface area contributed by atoms with Crippen LogP contribution in [0.25, 0.3) is 0 Å². The molecule has 76 valence electrons. The van der Waals surface area contributed by atoms with Gasteiger partial charge in [0.15, 0.2) is 0 Å². The van der Waals surface area contributed by atoms with Crippen LogP contribution >= 0.6 is 0 Å². The van der Waals surface area contributed by atoms with Gasteiger partial charge in [-0.1, -0.05) is 25.0 Å². The first-order valence-electron chi connectivity index (χ1n) is 5.52. The summed E-state index contributed by atoms with van der Waals surface area (Å²) in [5, 5.41) is 3.50. The molecule has 1 rings (SSSR count). The Morgan fingerprint density at radius 2 is 2.15 bits per heavy atom. The minimum Gasteiger partial charge on any atom is -0.313 e. The van der Waals surface area contributed by atoms with E-state index in [0.29, 0.717) is 0 Å². The molecular formula is C12H23N. The molecule has 2 unspecified atom stereocenters. The quantitative estimate of drug-likeness (QED) is 0.519. The van der Waals surface area contributed by atoms with Crippen LogP contribution in [0.1, 0.15) is 40.0 Å². The van der Waals surface area contributed by atoms with E-state index in [-0.39, 0.29) is 0 Å². The maximum Gasteiger partial charge on any atom is 0.0137 e. The molecule has 1 saturated carbocycles. The standard InChI is InChI=1S/C12H23N/c1-10(2)6-7-13-9-12-5-4-11(3)8-12/h6,11-13H,4-5,7-9H2,1-3H3. The maximum absolute atomic E-state index is 3.50. The van der Waals surface area contributed by atoms with Gasteiger partial charge in [0.1, 0.15) is 0 Å². The van der Waals surface area contributed by atoms with Gasteiger partial charge in [-0.15, -0.1) is 0 Å². The Labute approximate surface area is 82.6 Å². The molecule has 13 heavy (non-hydrogen) atoms. The van der Waals surface area contributed by atoms with Crippen LogP contribution in [0.15, 0.2) is 11.6 Å². The van der Waals surface area contributed by atoms with Gasteiger partial charge in [-0.2, -0.15) is 0 Å². The lowest BCUT2D eigenvalue weighted by Gasteiger charge is -2.09. The van der Waals surface area contributed by atoms with Crippen molar-refractivity contribution in [2.75, 3.05) is 13.1 Å². The van der Waals surface area contributed by atoms with Gasteiger partial charge >= 0.3 is 0 Å². The van der Waals surface area contributed by atoms with E-state index in [4.69, 9.17) is 0 Å². The van der Waals surface area contributed by atoms with Crippen molar-refractivity contribution in [2.24, 2.45) is 11.8 Å². The molecule has 0 saturated heterocycles. The number of hydrogen-bond donors (Lipinski definition) is 1. The van der Waals surface area contributed by atoms with Crippen LogP contribution in [0.5, 0.6) is 0 Å². The zero-order chi connectivity index (χ0) is 9.68. The summed E-state index contributed by atoms with van der Waals surface area (Å²) in [5.74, 6) is 1.91.